The van der Waals surface area contributed by atoms with Gasteiger partial charge in [0.2, 0.25) is 20.0 Å². The van der Waals surface area contributed by atoms with Crippen LogP contribution in [0.15, 0.2) is 29.2 Å². The van der Waals surface area contributed by atoms with Gasteiger partial charge in [0, 0.05) is 22.9 Å². The predicted octanol–water partition coefficient (Wildman–Crippen LogP) is -0.431. The second-order valence-electron chi connectivity index (χ2n) is 4.00. The molecule has 1 aromatic rings. The van der Waals surface area contributed by atoms with Crippen LogP contribution in [-0.4, -0.2) is 40.6 Å². The molecule has 1 aromatic carbocycles. The van der Waals surface area contributed by atoms with Gasteiger partial charge in [-0.1, -0.05) is 6.07 Å². The molecule has 114 valence electrons. The Morgan fingerprint density at radius 2 is 1.85 bits per heavy atom. The summed E-state index contributed by atoms with van der Waals surface area (Å²) in [6.07, 6.45) is 0. The fraction of sp³-hybridized carbons (Fsp3) is 0.400. The minimum absolute atomic E-state index is 0.114. The first-order valence-corrected chi connectivity index (χ1v) is 9.99. The molecular weight excluding hydrogens is 322 g/mol. The highest BCUT2D eigenvalue weighted by Crippen LogP contribution is 2.20. The minimum Gasteiger partial charge on any atom is -0.399 e. The van der Waals surface area contributed by atoms with Crippen LogP contribution >= 0.6 is 11.8 Å². The minimum atomic E-state index is -3.66. The molecule has 0 fully saturated rings. The van der Waals surface area contributed by atoms with E-state index in [9.17, 15) is 16.8 Å². The van der Waals surface area contributed by atoms with Crippen LogP contribution in [0.25, 0.3) is 0 Å². The van der Waals surface area contributed by atoms with Crippen molar-refractivity contribution in [2.45, 2.75) is 4.90 Å². The Labute approximate surface area is 123 Å². The molecule has 0 unspecified atom stereocenters. The fourth-order valence-corrected chi connectivity index (χ4v) is 4.20. The summed E-state index contributed by atoms with van der Waals surface area (Å²) in [5, 5.41) is 4.78. The second kappa shape index (κ2) is 7.27. The SMILES string of the molecule is Nc1cccc(SCCS(=O)(=O)NCCS(N)(=O)=O)c1. The Morgan fingerprint density at radius 1 is 1.15 bits per heavy atom. The number of nitrogens with two attached hydrogens (primary N) is 2. The number of rotatable bonds is 8. The lowest BCUT2D eigenvalue weighted by Gasteiger charge is -2.06. The first kappa shape index (κ1) is 17.2. The molecule has 0 saturated carbocycles. The number of primary sulfonamides is 1. The average Bonchev–Trinajstić information content (AvgIpc) is 2.26. The molecule has 0 aliphatic rings. The number of benzene rings is 1. The molecule has 0 aliphatic carbocycles. The molecule has 0 radical (unpaired) electrons. The molecule has 7 nitrogen and oxygen atoms in total. The van der Waals surface area contributed by atoms with Gasteiger partial charge < -0.3 is 5.73 Å². The molecule has 0 amide bonds. The van der Waals surface area contributed by atoms with Crippen molar-refractivity contribution in [1.29, 1.82) is 0 Å². The topological polar surface area (TPSA) is 132 Å². The number of anilines is 1. The molecule has 0 heterocycles. The van der Waals surface area contributed by atoms with Crippen LogP contribution in [0.1, 0.15) is 0 Å². The van der Waals surface area contributed by atoms with Crippen molar-refractivity contribution in [3.63, 3.8) is 0 Å². The van der Waals surface area contributed by atoms with Crippen LogP contribution in [0.2, 0.25) is 0 Å². The van der Waals surface area contributed by atoms with Gasteiger partial charge in [-0.3, -0.25) is 0 Å². The van der Waals surface area contributed by atoms with Crippen LogP contribution in [0.4, 0.5) is 5.69 Å². The average molecular weight is 339 g/mol. The van der Waals surface area contributed by atoms with Crippen LogP contribution in [-0.2, 0) is 20.0 Å². The van der Waals surface area contributed by atoms with Crippen molar-refractivity contribution in [2.75, 3.05) is 29.5 Å². The van der Waals surface area contributed by atoms with Crippen molar-refractivity contribution < 1.29 is 16.8 Å². The molecule has 20 heavy (non-hydrogen) atoms. The third-order valence-electron chi connectivity index (χ3n) is 2.19. The molecule has 0 saturated heterocycles. The Hall–Kier alpha value is -0.810. The summed E-state index contributed by atoms with van der Waals surface area (Å²) in [5.41, 5.74) is 6.22. The highest BCUT2D eigenvalue weighted by atomic mass is 32.2. The van der Waals surface area contributed by atoms with E-state index in [2.05, 4.69) is 4.72 Å². The smallest absolute Gasteiger partial charge is 0.212 e. The van der Waals surface area contributed by atoms with Crippen molar-refractivity contribution >= 4 is 37.5 Å². The van der Waals surface area contributed by atoms with E-state index in [0.717, 1.165) is 4.90 Å². The van der Waals surface area contributed by atoms with Gasteiger partial charge >= 0.3 is 0 Å². The summed E-state index contributed by atoms with van der Waals surface area (Å²) < 4.78 is 46.7. The molecule has 0 spiro atoms. The lowest BCUT2D eigenvalue weighted by Crippen LogP contribution is -2.33. The van der Waals surface area contributed by atoms with E-state index in [4.69, 9.17) is 10.9 Å². The molecule has 5 N–H and O–H groups in total. The van der Waals surface area contributed by atoms with E-state index in [1.54, 1.807) is 18.2 Å². The first-order valence-electron chi connectivity index (χ1n) is 5.64. The third kappa shape index (κ3) is 7.70. The van der Waals surface area contributed by atoms with Gasteiger partial charge in [0.25, 0.3) is 0 Å². The lowest BCUT2D eigenvalue weighted by atomic mass is 10.3. The van der Waals surface area contributed by atoms with Crippen LogP contribution < -0.4 is 15.6 Å². The van der Waals surface area contributed by atoms with Gasteiger partial charge in [-0.15, -0.1) is 11.8 Å². The molecule has 1 rings (SSSR count). The Balaban J connectivity index is 2.36. The quantitative estimate of drug-likeness (QED) is 0.435. The van der Waals surface area contributed by atoms with Crippen LogP contribution in [0.3, 0.4) is 0 Å². The largest absolute Gasteiger partial charge is 0.399 e. The number of hydrogen-bond acceptors (Lipinski definition) is 6. The monoisotopic (exact) mass is 339 g/mol. The zero-order valence-corrected chi connectivity index (χ0v) is 13.1. The number of thioether (sulfide) groups is 1. The summed E-state index contributed by atoms with van der Waals surface area (Å²) in [7, 11) is -7.17. The summed E-state index contributed by atoms with van der Waals surface area (Å²) in [5.74, 6) is -0.195. The van der Waals surface area contributed by atoms with E-state index in [0.29, 0.717) is 11.4 Å². The van der Waals surface area contributed by atoms with E-state index >= 15 is 0 Å². The second-order valence-corrected chi connectivity index (χ2v) is 8.83. The van der Waals surface area contributed by atoms with Crippen molar-refractivity contribution in [3.05, 3.63) is 24.3 Å². The van der Waals surface area contributed by atoms with E-state index in [-0.39, 0.29) is 12.3 Å². The van der Waals surface area contributed by atoms with E-state index in [1.807, 2.05) is 6.07 Å². The number of hydrogen-bond donors (Lipinski definition) is 3. The van der Waals surface area contributed by atoms with Gasteiger partial charge in [0.1, 0.15) is 0 Å². The normalized spacial score (nSPS) is 12.4. The van der Waals surface area contributed by atoms with Crippen LogP contribution in [0.5, 0.6) is 0 Å². The molecular formula is C10H17N3O4S3. The zero-order valence-electron chi connectivity index (χ0n) is 10.7. The van der Waals surface area contributed by atoms with Crippen LogP contribution in [0, 0.1) is 0 Å². The number of nitrogens with one attached hydrogen (secondary N) is 1. The maximum absolute atomic E-state index is 11.6. The van der Waals surface area contributed by atoms with Gasteiger partial charge in [0.05, 0.1) is 11.5 Å². The first-order chi connectivity index (χ1) is 9.18. The Morgan fingerprint density at radius 3 is 2.45 bits per heavy atom. The summed E-state index contributed by atoms with van der Waals surface area (Å²) >= 11 is 1.36. The standard InChI is InChI=1S/C10H17N3O4S3/c11-9-2-1-3-10(8-9)18-5-7-20(16,17)13-4-6-19(12,14)15/h1-3,8,13H,4-7,11H2,(H2,12,14,15). The van der Waals surface area contributed by atoms with Crippen molar-refractivity contribution in [2.24, 2.45) is 5.14 Å². The number of sulfonamides is 2. The number of nitrogen functional groups attached to an aromatic ring is 1. The maximum Gasteiger partial charge on any atom is 0.212 e. The van der Waals surface area contributed by atoms with E-state index < -0.39 is 25.8 Å². The maximum atomic E-state index is 11.6. The lowest BCUT2D eigenvalue weighted by molar-refractivity contribution is 0.582. The van der Waals surface area contributed by atoms with E-state index in [1.165, 1.54) is 11.8 Å². The van der Waals surface area contributed by atoms with Gasteiger partial charge in [-0.2, -0.15) is 0 Å². The Bertz CT molecular complexity index is 643. The zero-order chi connectivity index (χ0) is 15.2. The summed E-state index contributed by atoms with van der Waals surface area (Å²) in [4.78, 5) is 0.879. The molecule has 0 aliphatic heterocycles. The highest BCUT2D eigenvalue weighted by molar-refractivity contribution is 8.00. The molecule has 0 bridgehead atoms. The van der Waals surface area contributed by atoms with Gasteiger partial charge in [-0.25, -0.2) is 26.7 Å². The van der Waals surface area contributed by atoms with Crippen molar-refractivity contribution in [3.8, 4) is 0 Å². The summed E-state index contributed by atoms with van der Waals surface area (Å²) in [6.45, 7) is -0.218. The molecule has 0 aromatic heterocycles. The summed E-state index contributed by atoms with van der Waals surface area (Å²) in [6, 6.07) is 7.12. The molecule has 0 atom stereocenters. The highest BCUT2D eigenvalue weighted by Gasteiger charge is 2.11. The van der Waals surface area contributed by atoms with Crippen molar-refractivity contribution in [1.82, 2.24) is 4.72 Å². The van der Waals surface area contributed by atoms with Gasteiger partial charge in [-0.05, 0) is 18.2 Å². The predicted molar refractivity (Wildman–Crippen MR) is 81.3 cm³/mol. The molecule has 10 heteroatoms. The fourth-order valence-electron chi connectivity index (χ4n) is 1.29. The van der Waals surface area contributed by atoms with Gasteiger partial charge in [0.15, 0.2) is 0 Å². The Kier molecular flexibility index (Phi) is 6.27. The third-order valence-corrected chi connectivity index (χ3v) is 5.60.